The van der Waals surface area contributed by atoms with Crippen molar-refractivity contribution in [2.75, 3.05) is 39.3 Å². The van der Waals surface area contributed by atoms with Crippen LogP contribution >= 0.6 is 11.3 Å². The van der Waals surface area contributed by atoms with E-state index >= 15 is 0 Å². The van der Waals surface area contributed by atoms with Gasteiger partial charge in [0, 0.05) is 45.8 Å². The number of thiazole rings is 1. The third-order valence-corrected chi connectivity index (χ3v) is 6.09. The smallest absolute Gasteiger partial charge is 0.350 e. The summed E-state index contributed by atoms with van der Waals surface area (Å²) in [6.45, 7) is 7.24. The van der Waals surface area contributed by atoms with Crippen molar-refractivity contribution in [1.29, 1.82) is 0 Å². The van der Waals surface area contributed by atoms with Crippen LogP contribution < -0.4 is 5.56 Å². The molecular weight excluding hydrogens is 394 g/mol. The molecule has 0 unspecified atom stereocenters. The number of hydrogen-bond acceptors (Lipinski definition) is 8. The van der Waals surface area contributed by atoms with Gasteiger partial charge >= 0.3 is 5.97 Å². The monoisotopic (exact) mass is 419 g/mol. The first-order valence-electron chi connectivity index (χ1n) is 9.58. The van der Waals surface area contributed by atoms with Crippen LogP contribution in [0.25, 0.3) is 0 Å². The molecule has 0 atom stereocenters. The Bertz CT molecular complexity index is 946. The molecule has 29 heavy (non-hydrogen) atoms. The van der Waals surface area contributed by atoms with E-state index < -0.39 is 0 Å². The van der Waals surface area contributed by atoms with Gasteiger partial charge in [-0.3, -0.25) is 14.5 Å². The summed E-state index contributed by atoms with van der Waals surface area (Å²) in [6, 6.07) is 2.81. The van der Waals surface area contributed by atoms with Gasteiger partial charge < -0.3 is 9.64 Å². The summed E-state index contributed by atoms with van der Waals surface area (Å²) in [6.07, 6.45) is 0.802. The van der Waals surface area contributed by atoms with Crippen molar-refractivity contribution in [2.45, 2.75) is 20.3 Å². The molecule has 0 radical (unpaired) electrons. The van der Waals surface area contributed by atoms with E-state index in [0.29, 0.717) is 44.2 Å². The van der Waals surface area contributed by atoms with Gasteiger partial charge in [0.05, 0.1) is 10.7 Å². The van der Waals surface area contributed by atoms with E-state index in [4.69, 9.17) is 4.74 Å². The molecule has 3 rings (SSSR count). The molecule has 1 saturated heterocycles. The summed E-state index contributed by atoms with van der Waals surface area (Å²) in [5, 5.41) is 4.95. The lowest BCUT2D eigenvalue weighted by Gasteiger charge is -2.34. The highest BCUT2D eigenvalue weighted by Gasteiger charge is 2.24. The molecule has 0 aliphatic carbocycles. The SMILES string of the molecule is CCc1nc(C)c(C(=O)OCCN2CCN(C(=O)c3ccc(=O)n(C)n3)CC2)s1. The number of hydrogen-bond donors (Lipinski definition) is 0. The van der Waals surface area contributed by atoms with Gasteiger partial charge in [0.1, 0.15) is 17.2 Å². The largest absolute Gasteiger partial charge is 0.460 e. The number of aryl methyl sites for hydroxylation is 3. The van der Waals surface area contributed by atoms with Crippen LogP contribution in [-0.4, -0.2) is 75.8 Å². The Hall–Kier alpha value is -2.59. The molecule has 0 saturated carbocycles. The fourth-order valence-electron chi connectivity index (χ4n) is 3.08. The Morgan fingerprint density at radius 2 is 1.93 bits per heavy atom. The molecule has 156 valence electrons. The second-order valence-electron chi connectivity index (χ2n) is 6.83. The summed E-state index contributed by atoms with van der Waals surface area (Å²) in [7, 11) is 1.52. The molecule has 0 bridgehead atoms. The van der Waals surface area contributed by atoms with E-state index in [9.17, 15) is 14.4 Å². The fourth-order valence-corrected chi connectivity index (χ4v) is 3.98. The fraction of sp³-hybridized carbons (Fsp3) is 0.526. The van der Waals surface area contributed by atoms with Crippen LogP contribution in [0.5, 0.6) is 0 Å². The minimum absolute atomic E-state index is 0.181. The van der Waals surface area contributed by atoms with Crippen molar-refractivity contribution in [3.63, 3.8) is 0 Å². The van der Waals surface area contributed by atoms with Gasteiger partial charge in [-0.25, -0.2) is 14.5 Å². The molecule has 1 amide bonds. The molecule has 2 aromatic heterocycles. The van der Waals surface area contributed by atoms with Crippen molar-refractivity contribution in [2.24, 2.45) is 7.05 Å². The van der Waals surface area contributed by atoms with Crippen molar-refractivity contribution in [1.82, 2.24) is 24.6 Å². The Balaban J connectivity index is 1.44. The first-order valence-corrected chi connectivity index (χ1v) is 10.4. The molecule has 2 aromatic rings. The first-order chi connectivity index (χ1) is 13.9. The molecule has 1 aliphatic heterocycles. The average molecular weight is 420 g/mol. The zero-order chi connectivity index (χ0) is 21.0. The van der Waals surface area contributed by atoms with Crippen LogP contribution in [0.2, 0.25) is 0 Å². The van der Waals surface area contributed by atoms with E-state index in [1.807, 2.05) is 13.8 Å². The highest BCUT2D eigenvalue weighted by atomic mass is 32.1. The number of ether oxygens (including phenoxy) is 1. The van der Waals surface area contributed by atoms with E-state index in [2.05, 4.69) is 15.0 Å². The van der Waals surface area contributed by atoms with Gasteiger partial charge in [0.2, 0.25) is 0 Å². The summed E-state index contributed by atoms with van der Waals surface area (Å²) in [5.74, 6) is -0.506. The van der Waals surface area contributed by atoms with Gasteiger partial charge in [0.25, 0.3) is 11.5 Å². The molecular formula is C19H25N5O4S. The second-order valence-corrected chi connectivity index (χ2v) is 7.91. The third-order valence-electron chi connectivity index (χ3n) is 4.81. The molecule has 0 spiro atoms. The van der Waals surface area contributed by atoms with Gasteiger partial charge in [0.15, 0.2) is 0 Å². The predicted molar refractivity (Wildman–Crippen MR) is 108 cm³/mol. The van der Waals surface area contributed by atoms with Crippen LogP contribution in [-0.2, 0) is 18.2 Å². The quantitative estimate of drug-likeness (QED) is 0.637. The normalized spacial score (nSPS) is 14.8. The number of nitrogens with zero attached hydrogens (tertiary/aromatic N) is 5. The van der Waals surface area contributed by atoms with E-state index in [1.54, 1.807) is 4.90 Å². The number of rotatable bonds is 6. The topological polar surface area (TPSA) is 97.6 Å². The van der Waals surface area contributed by atoms with Crippen LogP contribution in [0, 0.1) is 6.92 Å². The highest BCUT2D eigenvalue weighted by molar-refractivity contribution is 7.13. The number of carbonyl (C=O) groups is 2. The number of esters is 1. The van der Waals surface area contributed by atoms with Gasteiger partial charge in [-0.2, -0.15) is 5.10 Å². The lowest BCUT2D eigenvalue weighted by molar-refractivity contribution is 0.0414. The Labute approximate surface area is 172 Å². The van der Waals surface area contributed by atoms with Gasteiger partial charge in [-0.05, 0) is 19.4 Å². The molecule has 9 nitrogen and oxygen atoms in total. The minimum Gasteiger partial charge on any atom is -0.460 e. The van der Waals surface area contributed by atoms with Crippen LogP contribution in [0.3, 0.4) is 0 Å². The molecule has 1 aliphatic rings. The molecule has 0 N–H and O–H groups in total. The summed E-state index contributed by atoms with van der Waals surface area (Å²) in [5.41, 5.74) is 0.734. The zero-order valence-electron chi connectivity index (χ0n) is 16.9. The Morgan fingerprint density at radius 1 is 1.21 bits per heavy atom. The lowest BCUT2D eigenvalue weighted by atomic mass is 10.2. The van der Waals surface area contributed by atoms with Crippen LogP contribution in [0.4, 0.5) is 0 Å². The molecule has 10 heteroatoms. The second kappa shape index (κ2) is 9.27. The Kier molecular flexibility index (Phi) is 6.75. The first kappa shape index (κ1) is 21.1. The van der Waals surface area contributed by atoms with Gasteiger partial charge in [-0.1, -0.05) is 6.92 Å². The zero-order valence-corrected chi connectivity index (χ0v) is 17.7. The number of carbonyl (C=O) groups excluding carboxylic acids is 2. The average Bonchev–Trinajstić information content (AvgIpc) is 3.11. The predicted octanol–water partition coefficient (Wildman–Crippen LogP) is 0.722. The van der Waals surface area contributed by atoms with Crippen molar-refractivity contribution < 1.29 is 14.3 Å². The number of amides is 1. The van der Waals surface area contributed by atoms with E-state index in [1.165, 1.54) is 30.5 Å². The lowest BCUT2D eigenvalue weighted by Crippen LogP contribution is -2.49. The Morgan fingerprint density at radius 3 is 2.55 bits per heavy atom. The third kappa shape index (κ3) is 5.07. The van der Waals surface area contributed by atoms with Gasteiger partial charge in [-0.15, -0.1) is 11.3 Å². The van der Waals surface area contributed by atoms with Crippen molar-refractivity contribution >= 4 is 23.2 Å². The summed E-state index contributed by atoms with van der Waals surface area (Å²) < 4.78 is 6.56. The van der Waals surface area contributed by atoms with Crippen LogP contribution in [0.15, 0.2) is 16.9 Å². The molecule has 1 fully saturated rings. The summed E-state index contributed by atoms with van der Waals surface area (Å²) >= 11 is 1.39. The maximum Gasteiger partial charge on any atom is 0.350 e. The number of aromatic nitrogens is 3. The molecule has 0 aromatic carbocycles. The number of piperazine rings is 1. The maximum atomic E-state index is 12.5. The molecule has 3 heterocycles. The highest BCUT2D eigenvalue weighted by Crippen LogP contribution is 2.19. The standard InChI is InChI=1S/C19H25N5O4S/c1-4-15-20-13(2)17(29-15)19(27)28-12-11-23-7-9-24(10-8-23)18(26)14-5-6-16(25)22(3)21-14/h5-6H,4,7-12H2,1-3H3. The maximum absolute atomic E-state index is 12.5. The van der Waals surface area contributed by atoms with Crippen molar-refractivity contribution in [3.05, 3.63) is 43.8 Å². The summed E-state index contributed by atoms with van der Waals surface area (Å²) in [4.78, 5) is 45.0. The van der Waals surface area contributed by atoms with E-state index in [0.717, 1.165) is 21.8 Å². The minimum atomic E-state index is -0.325. The van der Waals surface area contributed by atoms with E-state index in [-0.39, 0.29) is 23.1 Å². The van der Waals surface area contributed by atoms with Crippen molar-refractivity contribution in [3.8, 4) is 0 Å². The van der Waals surface area contributed by atoms with Crippen LogP contribution in [0.1, 0.15) is 37.8 Å².